The monoisotopic (exact) mass is 319 g/mol. The normalized spacial score (nSPS) is 13.1. The summed E-state index contributed by atoms with van der Waals surface area (Å²) in [4.78, 5) is -0.657. The average Bonchev–Trinajstić information content (AvgIpc) is 2.16. The predicted molar refractivity (Wildman–Crippen MR) is 51.0 cm³/mol. The Labute approximate surface area is 97.4 Å². The van der Waals surface area contributed by atoms with E-state index >= 15 is 0 Å². The molecule has 0 fully saturated rings. The van der Waals surface area contributed by atoms with E-state index in [9.17, 15) is 21.6 Å². The van der Waals surface area contributed by atoms with Crippen molar-refractivity contribution in [3.8, 4) is 0 Å². The highest BCUT2D eigenvalue weighted by atomic mass is 79.9. The predicted octanol–water partition coefficient (Wildman–Crippen LogP) is 2.35. The molecule has 0 heterocycles. The van der Waals surface area contributed by atoms with Crippen LogP contribution in [0.4, 0.5) is 13.2 Å². The van der Waals surface area contributed by atoms with Crippen molar-refractivity contribution in [1.82, 2.24) is 4.47 Å². The van der Waals surface area contributed by atoms with E-state index in [1.807, 2.05) is 0 Å². The lowest BCUT2D eigenvalue weighted by Gasteiger charge is -2.17. The average molecular weight is 320 g/mol. The maximum atomic E-state index is 12.0. The first-order valence-electron chi connectivity index (χ1n) is 3.72. The first kappa shape index (κ1) is 13.4. The molecule has 16 heavy (non-hydrogen) atoms. The molecule has 90 valence electrons. The SMILES string of the molecule is O=S(=O)(c1ccc(Br)cc1)N(O)C(F)(F)F. The number of halogens is 4. The van der Waals surface area contributed by atoms with Gasteiger partial charge in [-0.1, -0.05) is 15.9 Å². The molecule has 0 spiro atoms. The van der Waals surface area contributed by atoms with Gasteiger partial charge in [0, 0.05) is 8.94 Å². The van der Waals surface area contributed by atoms with E-state index in [2.05, 4.69) is 15.9 Å². The molecule has 0 aromatic heterocycles. The first-order chi connectivity index (χ1) is 7.15. The molecule has 0 aliphatic rings. The lowest BCUT2D eigenvalue weighted by atomic mass is 10.4. The molecule has 0 unspecified atom stereocenters. The molecular formula is C7H5BrF3NO3S. The van der Waals surface area contributed by atoms with E-state index < -0.39 is 25.7 Å². The molecule has 1 aromatic rings. The molecule has 9 heteroatoms. The van der Waals surface area contributed by atoms with Crippen molar-refractivity contribution < 1.29 is 26.8 Å². The number of benzene rings is 1. The minimum atomic E-state index is -5.37. The van der Waals surface area contributed by atoms with Gasteiger partial charge in [-0.15, -0.1) is 0 Å². The van der Waals surface area contributed by atoms with Crippen LogP contribution >= 0.6 is 15.9 Å². The summed E-state index contributed by atoms with van der Waals surface area (Å²) in [6.07, 6.45) is -5.37. The molecule has 1 N–H and O–H groups in total. The quantitative estimate of drug-likeness (QED) is 0.672. The van der Waals surface area contributed by atoms with Gasteiger partial charge in [0.15, 0.2) is 0 Å². The lowest BCUT2D eigenvalue weighted by Crippen LogP contribution is -2.39. The maximum Gasteiger partial charge on any atom is 0.497 e. The van der Waals surface area contributed by atoms with Gasteiger partial charge in [0.05, 0.1) is 4.90 Å². The topological polar surface area (TPSA) is 57.6 Å². The van der Waals surface area contributed by atoms with Crippen molar-refractivity contribution in [3.63, 3.8) is 0 Å². The van der Waals surface area contributed by atoms with Crippen LogP contribution in [0, 0.1) is 0 Å². The Bertz CT molecular complexity index is 471. The Balaban J connectivity index is 3.17. The second-order valence-corrected chi connectivity index (χ2v) is 5.35. The molecule has 1 rings (SSSR count). The maximum absolute atomic E-state index is 12.0. The van der Waals surface area contributed by atoms with Gasteiger partial charge in [-0.3, -0.25) is 5.21 Å². The highest BCUT2D eigenvalue weighted by Gasteiger charge is 2.46. The summed E-state index contributed by atoms with van der Waals surface area (Å²) in [5.74, 6) is 0. The van der Waals surface area contributed by atoms with Gasteiger partial charge in [-0.05, 0) is 24.3 Å². The van der Waals surface area contributed by atoms with Crippen molar-refractivity contribution in [3.05, 3.63) is 28.7 Å². The fourth-order valence-electron chi connectivity index (χ4n) is 0.843. The van der Waals surface area contributed by atoms with E-state index in [1.54, 1.807) is 0 Å². The van der Waals surface area contributed by atoms with Crippen LogP contribution in [0.3, 0.4) is 0 Å². The summed E-state index contributed by atoms with van der Waals surface area (Å²) >= 11 is 3.00. The second kappa shape index (κ2) is 4.32. The summed E-state index contributed by atoms with van der Waals surface area (Å²) in [7, 11) is -4.97. The van der Waals surface area contributed by atoms with Crippen molar-refractivity contribution in [2.24, 2.45) is 0 Å². The van der Waals surface area contributed by atoms with Crippen LogP contribution in [-0.4, -0.2) is 24.4 Å². The minimum absolute atomic E-state index is 0.503. The summed E-state index contributed by atoms with van der Waals surface area (Å²) in [6, 6.07) is 4.37. The number of hydroxylamine groups is 1. The van der Waals surface area contributed by atoms with E-state index in [4.69, 9.17) is 5.21 Å². The van der Waals surface area contributed by atoms with E-state index in [-0.39, 0.29) is 0 Å². The Hall–Kier alpha value is -0.640. The van der Waals surface area contributed by atoms with Crippen LogP contribution in [-0.2, 0) is 10.0 Å². The first-order valence-corrected chi connectivity index (χ1v) is 5.95. The number of rotatable bonds is 2. The number of hydrogen-bond acceptors (Lipinski definition) is 3. The van der Waals surface area contributed by atoms with Crippen molar-refractivity contribution in [2.75, 3.05) is 0 Å². The highest BCUT2D eigenvalue weighted by molar-refractivity contribution is 9.10. The molecule has 4 nitrogen and oxygen atoms in total. The van der Waals surface area contributed by atoms with Crippen molar-refractivity contribution >= 4 is 26.0 Å². The van der Waals surface area contributed by atoms with Crippen LogP contribution in [0.15, 0.2) is 33.6 Å². The molecule has 0 atom stereocenters. The van der Waals surface area contributed by atoms with Crippen LogP contribution in [0.1, 0.15) is 0 Å². The van der Waals surface area contributed by atoms with E-state index in [1.165, 1.54) is 12.1 Å². The molecule has 0 radical (unpaired) electrons. The van der Waals surface area contributed by atoms with E-state index in [0.29, 0.717) is 4.47 Å². The summed E-state index contributed by atoms with van der Waals surface area (Å²) in [5.41, 5.74) is 0. The summed E-state index contributed by atoms with van der Waals surface area (Å²) in [6.45, 7) is 0. The fourth-order valence-corrected chi connectivity index (χ4v) is 2.06. The van der Waals surface area contributed by atoms with Crippen molar-refractivity contribution in [2.45, 2.75) is 11.2 Å². The van der Waals surface area contributed by atoms with Crippen molar-refractivity contribution in [1.29, 1.82) is 0 Å². The Morgan fingerprint density at radius 3 is 2.00 bits per heavy atom. The van der Waals surface area contributed by atoms with Gasteiger partial charge in [0.2, 0.25) is 0 Å². The van der Waals surface area contributed by atoms with Gasteiger partial charge in [0.1, 0.15) is 0 Å². The molecule has 0 saturated carbocycles. The summed E-state index contributed by atoms with van der Waals surface area (Å²) in [5, 5.41) is 8.54. The van der Waals surface area contributed by atoms with Gasteiger partial charge >= 0.3 is 6.30 Å². The number of alkyl halides is 3. The molecule has 0 bridgehead atoms. The minimum Gasteiger partial charge on any atom is -0.292 e. The zero-order chi connectivity index (χ0) is 12.6. The second-order valence-electron chi connectivity index (χ2n) is 2.67. The van der Waals surface area contributed by atoms with Crippen LogP contribution in [0.2, 0.25) is 0 Å². The molecule has 0 aliphatic heterocycles. The third-order valence-corrected chi connectivity index (χ3v) is 3.61. The largest absolute Gasteiger partial charge is 0.497 e. The Kier molecular flexibility index (Phi) is 3.62. The van der Waals surface area contributed by atoms with Gasteiger partial charge in [-0.2, -0.15) is 13.2 Å². The highest BCUT2D eigenvalue weighted by Crippen LogP contribution is 2.27. The molecule has 0 amide bonds. The number of sulfonamides is 1. The van der Waals surface area contributed by atoms with E-state index in [0.717, 1.165) is 12.1 Å². The fraction of sp³-hybridized carbons (Fsp3) is 0.143. The Morgan fingerprint density at radius 2 is 1.62 bits per heavy atom. The smallest absolute Gasteiger partial charge is 0.292 e. The zero-order valence-electron chi connectivity index (χ0n) is 7.44. The molecular weight excluding hydrogens is 315 g/mol. The lowest BCUT2D eigenvalue weighted by molar-refractivity contribution is -0.303. The van der Waals surface area contributed by atoms with Crippen LogP contribution in [0.5, 0.6) is 0 Å². The zero-order valence-corrected chi connectivity index (χ0v) is 9.84. The third kappa shape index (κ3) is 2.73. The Morgan fingerprint density at radius 1 is 1.19 bits per heavy atom. The standard InChI is InChI=1S/C7H5BrF3NO3S/c8-5-1-3-6(4-2-5)16(14,15)12(13)7(9,10)11/h1-4,13H. The van der Waals surface area contributed by atoms with Gasteiger partial charge in [0.25, 0.3) is 10.0 Å². The molecule has 0 saturated heterocycles. The van der Waals surface area contributed by atoms with Crippen LogP contribution in [0.25, 0.3) is 0 Å². The van der Waals surface area contributed by atoms with Gasteiger partial charge < -0.3 is 0 Å². The number of nitrogens with zero attached hydrogens (tertiary/aromatic N) is 1. The third-order valence-electron chi connectivity index (χ3n) is 1.56. The van der Waals surface area contributed by atoms with Gasteiger partial charge in [-0.25, -0.2) is 8.42 Å². The molecule has 1 aromatic carbocycles. The number of hydrogen-bond donors (Lipinski definition) is 1. The van der Waals surface area contributed by atoms with Crippen LogP contribution < -0.4 is 0 Å². The molecule has 0 aliphatic carbocycles. The summed E-state index contributed by atoms with van der Waals surface area (Å²) < 4.78 is 57.3.